The highest BCUT2D eigenvalue weighted by molar-refractivity contribution is 7.94. The smallest absolute Gasteiger partial charge is 0.357 e. The molecule has 6 fully saturated rings. The van der Waals surface area contributed by atoms with E-state index in [1.54, 1.807) is 0 Å². The van der Waals surface area contributed by atoms with Crippen LogP contribution in [-0.4, -0.2) is 23.1 Å². The predicted octanol–water partition coefficient (Wildman–Crippen LogP) is 7.30. The Labute approximate surface area is 473 Å². The molecule has 0 aromatic heterocycles. The maximum Gasteiger partial charge on any atom is 0.357 e. The van der Waals surface area contributed by atoms with E-state index in [2.05, 4.69) is 212 Å². The van der Waals surface area contributed by atoms with E-state index in [9.17, 15) is 20.1 Å². The lowest BCUT2D eigenvalue weighted by atomic mass is 9.65. The maximum absolute atomic E-state index is 12.2. The Hall–Kier alpha value is -1.86. The molecule has 10 rings (SSSR count). The first-order valence-corrected chi connectivity index (χ1v) is 32.8. The molecular weight excluding hydrogens is 1190 g/mol. The van der Waals surface area contributed by atoms with Gasteiger partial charge >= 0.3 is 42.4 Å². The number of carbonyl (C=O) groups excluding carboxylic acids is 2. The van der Waals surface area contributed by atoms with Crippen molar-refractivity contribution in [3.05, 3.63) is 134 Å². The minimum atomic E-state index is -0.0703. The van der Waals surface area contributed by atoms with E-state index in [0.29, 0.717) is 46.7 Å². The van der Waals surface area contributed by atoms with Gasteiger partial charge in [-0.05, 0) is 165 Å². The molecule has 0 amide bonds. The van der Waals surface area contributed by atoms with Gasteiger partial charge in [0.05, 0.1) is 0 Å². The van der Waals surface area contributed by atoms with Crippen molar-refractivity contribution in [3.8, 4) is 0 Å². The Bertz CT molecular complexity index is 2350. The van der Waals surface area contributed by atoms with Gasteiger partial charge in [0, 0.05) is 60.3 Å². The quantitative estimate of drug-likeness (QED) is 0.0471. The Morgan fingerprint density at radius 1 is 0.486 bits per heavy atom. The summed E-state index contributed by atoms with van der Waals surface area (Å²) < 4.78 is 14.9. The monoisotopic (exact) mass is 1270 g/mol. The molecule has 4 aromatic carbocycles. The van der Waals surface area contributed by atoms with Gasteiger partial charge in [-0.1, -0.05) is 145 Å². The number of benzene rings is 4. The van der Waals surface area contributed by atoms with Crippen LogP contribution in [-0.2, 0) is 44.6 Å². The van der Waals surface area contributed by atoms with Crippen LogP contribution in [0.15, 0.2) is 103 Å². The van der Waals surface area contributed by atoms with Crippen molar-refractivity contribution in [1.82, 2.24) is 0 Å². The predicted molar refractivity (Wildman–Crippen MR) is 286 cm³/mol. The van der Waals surface area contributed by atoms with Gasteiger partial charge < -0.3 is 10.5 Å². The highest BCUT2D eigenvalue weighted by Gasteiger charge is 2.72. The average Bonchev–Trinajstić information content (AvgIpc) is 4.14. The summed E-state index contributed by atoms with van der Waals surface area (Å²) in [6.45, 7) is 29.5. The fourth-order valence-electron chi connectivity index (χ4n) is 14.3. The van der Waals surface area contributed by atoms with Crippen LogP contribution in [0.2, 0.25) is 0 Å². The van der Waals surface area contributed by atoms with Crippen molar-refractivity contribution in [2.45, 2.75) is 158 Å². The third-order valence-corrected chi connectivity index (χ3v) is 25.5. The van der Waals surface area contributed by atoms with Crippen molar-refractivity contribution >= 4 is 35.7 Å². The van der Waals surface area contributed by atoms with Crippen LogP contribution in [0.3, 0.4) is 0 Å². The van der Waals surface area contributed by atoms with Gasteiger partial charge in [-0.25, -0.2) is 0 Å². The van der Waals surface area contributed by atoms with Crippen LogP contribution in [0, 0.1) is 71.4 Å². The molecule has 0 radical (unpaired) electrons. The number of hydrogen-bond acceptors (Lipinski definition) is 10. The van der Waals surface area contributed by atoms with Gasteiger partial charge in [-0.2, -0.15) is 8.67 Å². The number of hydrogen-bond donors (Lipinski definition) is 0. The molecule has 6 aliphatic rings. The molecule has 8 atom stereocenters. The fourth-order valence-corrected chi connectivity index (χ4v) is 20.7. The number of ketones is 2. The van der Waals surface area contributed by atoms with Gasteiger partial charge in [0.15, 0.2) is 14.3 Å². The average molecular weight is 1270 g/mol. The first-order valence-electron chi connectivity index (χ1n) is 26.7. The summed E-state index contributed by atoms with van der Waals surface area (Å²) in [5.41, 5.74) is 5.31. The van der Waals surface area contributed by atoms with Gasteiger partial charge in [0.25, 0.3) is 0 Å². The van der Waals surface area contributed by atoms with E-state index >= 15 is 0 Å². The zero-order valence-electron chi connectivity index (χ0n) is 46.2. The molecule has 6 saturated carbocycles. The SMILES string of the molecule is CC(C)(C)c1ccc([I+]c2ccc(C(C)(C)C)cc2)cc1.CC(C)(C)c1ccc([I+]c2ccccc2)cc1.CC1(C)C2CCC1(CSOO[O-])C1C(=O)CCC21.CC1(C)C2CCC1(CSOO[O-])C1C(=O)CCC21. The molecule has 0 aliphatic heterocycles. The molecule has 4 aromatic rings. The van der Waals surface area contributed by atoms with Crippen molar-refractivity contribution < 1.29 is 81.3 Å². The van der Waals surface area contributed by atoms with Crippen molar-refractivity contribution in [2.24, 2.45) is 57.2 Å². The highest BCUT2D eigenvalue weighted by Crippen LogP contribution is 2.75. The van der Waals surface area contributed by atoms with Gasteiger partial charge in [-0.3, -0.25) is 19.7 Å². The van der Waals surface area contributed by atoms with E-state index < -0.39 is 0 Å². The molecule has 12 heteroatoms. The van der Waals surface area contributed by atoms with Crippen LogP contribution < -0.4 is 52.9 Å². The van der Waals surface area contributed by atoms with Crippen molar-refractivity contribution in [3.63, 3.8) is 0 Å². The van der Waals surface area contributed by atoms with Gasteiger partial charge in [0.2, 0.25) is 0 Å². The molecule has 74 heavy (non-hydrogen) atoms. The van der Waals surface area contributed by atoms with E-state index in [1.165, 1.54) is 43.8 Å². The summed E-state index contributed by atoms with van der Waals surface area (Å²) >= 11 is 2.04. The fraction of sp³-hybridized carbons (Fsp3) is 0.581. The van der Waals surface area contributed by atoms with Crippen LogP contribution in [0.4, 0.5) is 0 Å². The summed E-state index contributed by atoms with van der Waals surface area (Å²) in [6, 6.07) is 38.3. The van der Waals surface area contributed by atoms with E-state index in [-0.39, 0.29) is 92.2 Å². The molecule has 0 saturated heterocycles. The summed E-state index contributed by atoms with van der Waals surface area (Å²) in [5, 5.41) is 26.8. The Kier molecular flexibility index (Phi) is 19.6. The zero-order valence-corrected chi connectivity index (χ0v) is 52.1. The Balaban J connectivity index is 0.000000145. The topological polar surface area (TPSA) is 117 Å². The summed E-state index contributed by atoms with van der Waals surface area (Å²) in [5.74, 6) is 5.05. The van der Waals surface area contributed by atoms with E-state index in [1.807, 2.05) is 0 Å². The lowest BCUT2D eigenvalue weighted by molar-refractivity contribution is -0.777. The van der Waals surface area contributed by atoms with E-state index in [4.69, 9.17) is 0 Å². The van der Waals surface area contributed by atoms with Crippen LogP contribution in [0.25, 0.3) is 0 Å². The molecule has 0 N–H and O–H groups in total. The van der Waals surface area contributed by atoms with Crippen LogP contribution >= 0.6 is 24.1 Å². The number of Topliss-reactive ketones (excluding diaryl/α,β-unsaturated/α-hetero) is 2. The number of halogens is 2. The third kappa shape index (κ3) is 12.8. The first kappa shape index (κ1) is 59.8. The molecule has 0 heterocycles. The largest absolute Gasteiger partial charge is 0.691 e. The molecule has 8 nitrogen and oxygen atoms in total. The van der Waals surface area contributed by atoms with Crippen LogP contribution in [0.1, 0.15) is 158 Å². The Morgan fingerprint density at radius 3 is 1.09 bits per heavy atom. The normalized spacial score (nSPS) is 27.9. The van der Waals surface area contributed by atoms with Gasteiger partial charge in [-0.15, -0.1) is 0 Å². The minimum absolute atomic E-state index is 0.000880. The van der Waals surface area contributed by atoms with Crippen LogP contribution in [0.5, 0.6) is 0 Å². The first-order chi connectivity index (χ1) is 34.8. The molecule has 4 bridgehead atoms. The van der Waals surface area contributed by atoms with E-state index in [0.717, 1.165) is 62.6 Å². The van der Waals surface area contributed by atoms with Crippen molar-refractivity contribution in [2.75, 3.05) is 11.5 Å². The second kappa shape index (κ2) is 24.2. The standard InChI is InChI=1S/C20H26I.C16H18I.2C13H20O4S/c1-19(2,3)15-7-11-17(12-8-15)21-18-13-9-16(10-14-18)20(4,5)6;1-16(2,3)13-9-11-15(12-10-13)17-14-7-5-4-6-8-14;2*1-12(2)9-5-6-13(12,7-18-17-16-15)11-8(9)3-4-10(11)14/h7-14H,1-6H3;4-12H,1-3H3;2*8-9,11,15H,3-7H2,1-2H3/q2*+1;;/p-2. The molecule has 6 aliphatic carbocycles. The number of fused-ring (bicyclic) bond motifs is 10. The van der Waals surface area contributed by atoms with Gasteiger partial charge in [0.1, 0.15) is 11.6 Å². The molecule has 8 unspecified atom stereocenters. The third-order valence-electron chi connectivity index (χ3n) is 18.5. The lowest BCUT2D eigenvalue weighted by Gasteiger charge is -2.41. The summed E-state index contributed by atoms with van der Waals surface area (Å²) in [6.07, 6.45) is 8.17. The second-order valence-electron chi connectivity index (χ2n) is 25.9. The summed E-state index contributed by atoms with van der Waals surface area (Å²) in [4.78, 5) is 24.5. The molecule has 0 spiro atoms. The lowest BCUT2D eigenvalue weighted by Crippen LogP contribution is -3.61. The zero-order chi connectivity index (χ0) is 53.9. The highest BCUT2D eigenvalue weighted by atomic mass is 127. The summed E-state index contributed by atoms with van der Waals surface area (Å²) in [7, 11) is 0. The number of rotatable bonds is 12. The second-order valence-corrected chi connectivity index (χ2v) is 33.3. The minimum Gasteiger partial charge on any atom is -0.691 e. The maximum atomic E-state index is 12.2. The Morgan fingerprint density at radius 2 is 0.797 bits per heavy atom. The van der Waals surface area contributed by atoms with Crippen molar-refractivity contribution in [1.29, 1.82) is 0 Å². The number of carbonyl (C=O) groups is 2. The molecule has 404 valence electrons. The molecular formula is C62H82I2O8S2.